The Labute approximate surface area is 165 Å². The number of carbonyl (C=O) groups is 1. The van der Waals surface area contributed by atoms with Crippen LogP contribution in [-0.2, 0) is 19.4 Å². The Balaban J connectivity index is 2.11. The van der Waals surface area contributed by atoms with Gasteiger partial charge in [-0.2, -0.15) is 0 Å². The zero-order chi connectivity index (χ0) is 19.1. The molecule has 2 aromatic carbocycles. The molecule has 0 amide bonds. The maximum atomic E-state index is 13.2. The van der Waals surface area contributed by atoms with E-state index in [1.165, 1.54) is 31.4 Å². The van der Waals surface area contributed by atoms with Crippen LogP contribution >= 0.6 is 27.5 Å². The van der Waals surface area contributed by atoms with Gasteiger partial charge in [0.05, 0.1) is 16.8 Å². The van der Waals surface area contributed by atoms with Crippen molar-refractivity contribution in [2.75, 3.05) is 13.7 Å². The van der Waals surface area contributed by atoms with Gasteiger partial charge in [0.15, 0.2) is 9.84 Å². The lowest BCUT2D eigenvalue weighted by Crippen LogP contribution is -2.28. The molecule has 0 saturated heterocycles. The normalized spacial score (nSPS) is 25.0. The first-order valence-electron chi connectivity index (χ1n) is 7.72. The first-order valence-corrected chi connectivity index (χ1v) is 10.4. The lowest BCUT2D eigenvalue weighted by molar-refractivity contribution is -0.145. The van der Waals surface area contributed by atoms with E-state index >= 15 is 0 Å². The Morgan fingerprint density at radius 2 is 1.77 bits per heavy atom. The van der Waals surface area contributed by atoms with Gasteiger partial charge in [-0.1, -0.05) is 39.7 Å². The van der Waals surface area contributed by atoms with E-state index in [0.717, 1.165) is 4.47 Å². The molecule has 1 fully saturated rings. The van der Waals surface area contributed by atoms with Crippen molar-refractivity contribution in [3.8, 4) is 0 Å². The van der Waals surface area contributed by atoms with Crippen LogP contribution in [0.4, 0.5) is 0 Å². The maximum absolute atomic E-state index is 13.2. The molecule has 1 N–H and O–H groups in total. The van der Waals surface area contributed by atoms with Gasteiger partial charge in [0.1, 0.15) is 5.41 Å². The van der Waals surface area contributed by atoms with E-state index in [0.29, 0.717) is 10.6 Å². The molecule has 0 heterocycles. The molecule has 0 spiro atoms. The van der Waals surface area contributed by atoms with E-state index in [4.69, 9.17) is 16.3 Å². The molecule has 5 nitrogen and oxygen atoms in total. The molecular formula is C18H16BrClO5S. The van der Waals surface area contributed by atoms with Crippen molar-refractivity contribution < 1.29 is 23.1 Å². The second-order valence-corrected chi connectivity index (χ2v) is 9.65. The van der Waals surface area contributed by atoms with E-state index in [-0.39, 0.29) is 11.5 Å². The number of rotatable bonds is 6. The summed E-state index contributed by atoms with van der Waals surface area (Å²) in [6.45, 7) is -0.194. The minimum absolute atomic E-state index is 0.0493. The summed E-state index contributed by atoms with van der Waals surface area (Å²) >= 11 is 9.17. The van der Waals surface area contributed by atoms with Gasteiger partial charge in [0.2, 0.25) is 0 Å². The second-order valence-electron chi connectivity index (χ2n) is 6.23. The van der Waals surface area contributed by atoms with Crippen LogP contribution in [0.3, 0.4) is 0 Å². The Bertz CT molecular complexity index is 927. The molecule has 3 rings (SSSR count). The molecule has 3 atom stereocenters. The van der Waals surface area contributed by atoms with Crippen molar-refractivity contribution in [1.82, 2.24) is 0 Å². The number of halogens is 2. The van der Waals surface area contributed by atoms with Gasteiger partial charge in [-0.15, -0.1) is 0 Å². The predicted octanol–water partition coefficient (Wildman–Crippen LogP) is 3.76. The van der Waals surface area contributed by atoms with E-state index in [1.807, 2.05) is 0 Å². The zero-order valence-electron chi connectivity index (χ0n) is 13.7. The highest BCUT2D eigenvalue weighted by Crippen LogP contribution is 2.64. The minimum Gasteiger partial charge on any atom is -0.481 e. The van der Waals surface area contributed by atoms with E-state index in [2.05, 4.69) is 15.9 Å². The highest BCUT2D eigenvalue weighted by Gasteiger charge is 2.76. The molecule has 0 bridgehead atoms. The number of benzene rings is 2. The SMILES string of the molecule is COC[C@@]1(C(=O)O)[C@H](c2ccc(Br)cc2)[C@@H]1S(=O)(=O)c1ccc(Cl)cc1. The van der Waals surface area contributed by atoms with Crippen LogP contribution in [0.25, 0.3) is 0 Å². The lowest BCUT2D eigenvalue weighted by Gasteiger charge is -2.12. The summed E-state index contributed by atoms with van der Waals surface area (Å²) in [7, 11) is -2.53. The van der Waals surface area contributed by atoms with Gasteiger partial charge in [0.25, 0.3) is 0 Å². The topological polar surface area (TPSA) is 80.7 Å². The van der Waals surface area contributed by atoms with Crippen molar-refractivity contribution in [3.05, 3.63) is 63.6 Å². The predicted molar refractivity (Wildman–Crippen MR) is 101 cm³/mol. The molecule has 0 aromatic heterocycles. The van der Waals surface area contributed by atoms with E-state index < -0.39 is 32.4 Å². The average molecular weight is 460 g/mol. The van der Waals surface area contributed by atoms with Crippen LogP contribution in [0.15, 0.2) is 57.9 Å². The van der Waals surface area contributed by atoms with Crippen molar-refractivity contribution in [2.45, 2.75) is 16.1 Å². The van der Waals surface area contributed by atoms with Gasteiger partial charge in [-0.3, -0.25) is 4.79 Å². The largest absolute Gasteiger partial charge is 0.481 e. The van der Waals surface area contributed by atoms with Crippen LogP contribution in [0.2, 0.25) is 5.02 Å². The van der Waals surface area contributed by atoms with Crippen LogP contribution in [0.1, 0.15) is 11.5 Å². The van der Waals surface area contributed by atoms with Crippen molar-refractivity contribution >= 4 is 43.3 Å². The molecular weight excluding hydrogens is 444 g/mol. The number of aliphatic carboxylic acids is 1. The third-order valence-electron chi connectivity index (χ3n) is 4.74. The van der Waals surface area contributed by atoms with E-state index in [1.54, 1.807) is 24.3 Å². The Morgan fingerprint density at radius 1 is 1.19 bits per heavy atom. The van der Waals surface area contributed by atoms with Gasteiger partial charge >= 0.3 is 5.97 Å². The van der Waals surface area contributed by atoms with E-state index in [9.17, 15) is 18.3 Å². The van der Waals surface area contributed by atoms with Crippen LogP contribution in [0, 0.1) is 5.41 Å². The Hall–Kier alpha value is -1.41. The highest BCUT2D eigenvalue weighted by molar-refractivity contribution is 9.10. The third kappa shape index (κ3) is 3.07. The molecule has 26 heavy (non-hydrogen) atoms. The summed E-state index contributed by atoms with van der Waals surface area (Å²) < 4.78 is 32.3. The van der Waals surface area contributed by atoms with Crippen LogP contribution in [0.5, 0.6) is 0 Å². The van der Waals surface area contributed by atoms with Gasteiger partial charge in [-0.05, 0) is 42.0 Å². The number of carboxylic acid groups (broad SMARTS) is 1. The third-order valence-corrected chi connectivity index (χ3v) is 7.81. The highest BCUT2D eigenvalue weighted by atomic mass is 79.9. The fourth-order valence-electron chi connectivity index (χ4n) is 3.50. The monoisotopic (exact) mass is 458 g/mol. The summed E-state index contributed by atoms with van der Waals surface area (Å²) in [5.41, 5.74) is -0.878. The molecule has 0 unspecified atom stereocenters. The fourth-order valence-corrected chi connectivity index (χ4v) is 6.25. The minimum atomic E-state index is -3.90. The van der Waals surface area contributed by atoms with Crippen molar-refractivity contribution in [3.63, 3.8) is 0 Å². The number of hydrogen-bond donors (Lipinski definition) is 1. The molecule has 8 heteroatoms. The zero-order valence-corrected chi connectivity index (χ0v) is 16.9. The molecule has 1 saturated carbocycles. The molecule has 1 aliphatic carbocycles. The van der Waals surface area contributed by atoms with Crippen LogP contribution < -0.4 is 0 Å². The first-order chi connectivity index (χ1) is 12.2. The van der Waals surface area contributed by atoms with Gasteiger partial charge in [-0.25, -0.2) is 8.42 Å². The summed E-state index contributed by atoms with van der Waals surface area (Å²) in [5.74, 6) is -1.89. The summed E-state index contributed by atoms with van der Waals surface area (Å²) in [6, 6.07) is 12.7. The molecule has 138 valence electrons. The molecule has 2 aromatic rings. The van der Waals surface area contributed by atoms with Crippen molar-refractivity contribution in [2.24, 2.45) is 5.41 Å². The Kier molecular flexibility index (Phi) is 5.18. The fraction of sp³-hybridized carbons (Fsp3) is 0.278. The van der Waals surface area contributed by atoms with Crippen LogP contribution in [-0.4, -0.2) is 38.5 Å². The smallest absolute Gasteiger partial charge is 0.314 e. The quantitative estimate of drug-likeness (QED) is 0.711. The molecule has 0 aliphatic heterocycles. The Morgan fingerprint density at radius 3 is 2.27 bits per heavy atom. The number of carboxylic acids is 1. The second kappa shape index (κ2) is 6.96. The summed E-state index contributed by atoms with van der Waals surface area (Å²) in [5, 5.41) is 9.16. The standard InChI is InChI=1S/C18H16BrClO5S/c1-25-10-18(17(21)22)15(11-2-4-12(19)5-3-11)16(18)26(23,24)14-8-6-13(20)7-9-14/h2-9,15-16H,10H2,1H3,(H,21,22)/t15-,16+,18-/m1/s1. The average Bonchev–Trinajstić information content (AvgIpc) is 3.27. The van der Waals surface area contributed by atoms with Gasteiger partial charge in [0, 0.05) is 22.5 Å². The maximum Gasteiger partial charge on any atom is 0.314 e. The van der Waals surface area contributed by atoms with Crippen molar-refractivity contribution in [1.29, 1.82) is 0 Å². The summed E-state index contributed by atoms with van der Waals surface area (Å²) in [6.07, 6.45) is 0. The molecule has 0 radical (unpaired) electrons. The summed E-state index contributed by atoms with van der Waals surface area (Å²) in [4.78, 5) is 12.1. The van der Waals surface area contributed by atoms with Gasteiger partial charge < -0.3 is 9.84 Å². The molecule has 1 aliphatic rings. The number of methoxy groups -OCH3 is 1. The lowest BCUT2D eigenvalue weighted by atomic mass is 10.0. The number of ether oxygens (including phenoxy) is 1. The number of sulfone groups is 1. The first kappa shape index (κ1) is 19.4. The number of hydrogen-bond acceptors (Lipinski definition) is 4.